The van der Waals surface area contributed by atoms with Crippen molar-refractivity contribution in [2.45, 2.75) is 45.2 Å². The molecule has 8 heteroatoms. The summed E-state index contributed by atoms with van der Waals surface area (Å²) in [5, 5.41) is 0. The maximum atomic E-state index is 15.3. The first kappa shape index (κ1) is 23.8. The van der Waals surface area contributed by atoms with E-state index in [1.165, 1.54) is 18.1 Å². The second-order valence-corrected chi connectivity index (χ2v) is 8.30. The quantitative estimate of drug-likeness (QED) is 0.300. The van der Waals surface area contributed by atoms with Gasteiger partial charge in [0.05, 0.1) is 19.7 Å². The second-order valence-electron chi connectivity index (χ2n) is 8.30. The number of benzene rings is 2. The summed E-state index contributed by atoms with van der Waals surface area (Å²) in [6, 6.07) is 3.96. The molecule has 0 aromatic heterocycles. The van der Waals surface area contributed by atoms with Crippen LogP contribution in [-0.2, 0) is 16.0 Å². The molecule has 1 heterocycles. The van der Waals surface area contributed by atoms with Crippen molar-refractivity contribution in [2.24, 2.45) is 0 Å². The smallest absolute Gasteiger partial charge is 0.330 e. The van der Waals surface area contributed by atoms with Crippen molar-refractivity contribution in [1.29, 1.82) is 0 Å². The topological polar surface area (TPSA) is 55.6 Å². The summed E-state index contributed by atoms with van der Waals surface area (Å²) in [5.41, 5.74) is 8.50. The molecule has 0 radical (unpaired) electrons. The molecule has 2 atom stereocenters. The molecule has 0 spiro atoms. The third-order valence-corrected chi connectivity index (χ3v) is 5.82. The second kappa shape index (κ2) is 8.94. The molecule has 1 aliphatic heterocycles. The van der Waals surface area contributed by atoms with Gasteiger partial charge in [-0.15, -0.1) is 0 Å². The number of hydrogen-bond acceptors (Lipinski definition) is 4. The van der Waals surface area contributed by atoms with Crippen molar-refractivity contribution in [3.63, 3.8) is 0 Å². The third-order valence-electron chi connectivity index (χ3n) is 5.82. The van der Waals surface area contributed by atoms with Gasteiger partial charge in [0.15, 0.2) is 0 Å². The molecular weight excluding hydrogens is 424 g/mol. The number of methoxy groups -OCH3 is 1. The van der Waals surface area contributed by atoms with Crippen LogP contribution in [-0.4, -0.2) is 36.5 Å². The fraction of sp³-hybridized carbons (Fsp3) is 0.375. The van der Waals surface area contributed by atoms with E-state index in [-0.39, 0.29) is 11.1 Å². The highest BCUT2D eigenvalue weighted by Crippen LogP contribution is 2.43. The molecule has 0 amide bonds. The Bertz CT molecular complexity index is 1040. The molecule has 0 bridgehead atoms. The number of carbonyl (C=O) groups is 1. The van der Waals surface area contributed by atoms with Crippen LogP contribution in [0, 0.1) is 18.6 Å². The van der Waals surface area contributed by atoms with Crippen LogP contribution < -0.4 is 5.73 Å². The number of fused-ring (bicyclic) bond motifs is 1. The van der Waals surface area contributed by atoms with Crippen LogP contribution in [0.2, 0.25) is 0 Å². The van der Waals surface area contributed by atoms with E-state index in [0.717, 1.165) is 36.3 Å². The highest BCUT2D eigenvalue weighted by atomic mass is 19.3. The lowest BCUT2D eigenvalue weighted by atomic mass is 9.81. The number of nitrogen functional groups attached to an aromatic ring is 1. The largest absolute Gasteiger partial charge is 0.466 e. The summed E-state index contributed by atoms with van der Waals surface area (Å²) in [6.07, 6.45) is 2.70. The van der Waals surface area contributed by atoms with E-state index in [0.29, 0.717) is 17.7 Å². The number of alkyl halides is 2. The van der Waals surface area contributed by atoms with Gasteiger partial charge in [-0.2, -0.15) is 0 Å². The maximum absolute atomic E-state index is 15.3. The van der Waals surface area contributed by atoms with Gasteiger partial charge in [0.1, 0.15) is 11.6 Å². The van der Waals surface area contributed by atoms with Crippen molar-refractivity contribution in [3.05, 3.63) is 69.8 Å². The molecule has 4 nitrogen and oxygen atoms in total. The molecule has 2 aromatic rings. The van der Waals surface area contributed by atoms with Crippen LogP contribution in [0.25, 0.3) is 6.08 Å². The Morgan fingerprint density at radius 2 is 1.91 bits per heavy atom. The summed E-state index contributed by atoms with van der Waals surface area (Å²) in [6.45, 7) is 3.70. The Hall–Kier alpha value is -2.87. The van der Waals surface area contributed by atoms with Gasteiger partial charge >= 0.3 is 5.97 Å². The van der Waals surface area contributed by atoms with Gasteiger partial charge in [-0.05, 0) is 66.8 Å². The fourth-order valence-corrected chi connectivity index (χ4v) is 4.25. The van der Waals surface area contributed by atoms with Gasteiger partial charge in [-0.25, -0.2) is 22.4 Å². The Labute approximate surface area is 184 Å². The van der Waals surface area contributed by atoms with E-state index in [1.54, 1.807) is 19.1 Å². The summed E-state index contributed by atoms with van der Waals surface area (Å²) >= 11 is 0. The summed E-state index contributed by atoms with van der Waals surface area (Å²) in [5.74, 6) is -5.52. The Balaban J connectivity index is 2.18. The lowest BCUT2D eigenvalue weighted by molar-refractivity contribution is -0.134. The number of anilines is 1. The first-order chi connectivity index (χ1) is 14.9. The van der Waals surface area contributed by atoms with E-state index >= 15 is 8.78 Å². The zero-order valence-corrected chi connectivity index (χ0v) is 18.4. The number of nitrogens with two attached hydrogens (primary N) is 1. The van der Waals surface area contributed by atoms with Crippen LogP contribution >= 0.6 is 0 Å². The predicted molar refractivity (Wildman–Crippen MR) is 115 cm³/mol. The lowest BCUT2D eigenvalue weighted by Crippen LogP contribution is -2.48. The van der Waals surface area contributed by atoms with Gasteiger partial charge in [-0.1, -0.05) is 6.07 Å². The summed E-state index contributed by atoms with van der Waals surface area (Å²) in [7, 11) is 1.19. The van der Waals surface area contributed by atoms with Crippen LogP contribution in [0.15, 0.2) is 30.3 Å². The molecule has 0 aliphatic carbocycles. The fourth-order valence-electron chi connectivity index (χ4n) is 4.25. The molecule has 0 saturated carbocycles. The van der Waals surface area contributed by atoms with Crippen molar-refractivity contribution < 1.29 is 27.1 Å². The van der Waals surface area contributed by atoms with Crippen LogP contribution in [0.5, 0.6) is 0 Å². The number of esters is 1. The molecule has 0 fully saturated rings. The number of carbonyl (C=O) groups excluding carboxylic acids is 1. The summed E-state index contributed by atoms with van der Waals surface area (Å²) < 4.78 is 63.2. The van der Waals surface area contributed by atoms with Crippen molar-refractivity contribution in [1.82, 2.24) is 4.90 Å². The zero-order valence-electron chi connectivity index (χ0n) is 18.4. The average molecular weight is 450 g/mol. The number of rotatable bonds is 5. The molecule has 0 unspecified atom stereocenters. The zero-order chi connectivity index (χ0) is 23.8. The first-order valence-electron chi connectivity index (χ1n) is 10.2. The highest BCUT2D eigenvalue weighted by Gasteiger charge is 2.41. The minimum absolute atomic E-state index is 0.110. The lowest BCUT2D eigenvalue weighted by Gasteiger charge is -2.44. The van der Waals surface area contributed by atoms with E-state index in [2.05, 4.69) is 4.74 Å². The van der Waals surface area contributed by atoms with Gasteiger partial charge < -0.3 is 10.5 Å². The van der Waals surface area contributed by atoms with Gasteiger partial charge in [0.2, 0.25) is 0 Å². The number of halogens is 4. The van der Waals surface area contributed by atoms with Crippen molar-refractivity contribution >= 4 is 17.7 Å². The maximum Gasteiger partial charge on any atom is 0.330 e. The minimum Gasteiger partial charge on any atom is -0.466 e. The van der Waals surface area contributed by atoms with Gasteiger partial charge in [-0.3, -0.25) is 4.90 Å². The van der Waals surface area contributed by atoms with Crippen molar-refractivity contribution in [3.8, 4) is 0 Å². The monoisotopic (exact) mass is 450 g/mol. The Morgan fingerprint density at radius 3 is 2.47 bits per heavy atom. The normalized spacial score (nSPS) is 19.2. The standard InChI is InChI=1S/C24H26F4N2O2/c1-13-9-17-14(2)20(29)7-6-16(17)23(30(13)12-24(3,27)28)22-18(25)10-15(11-19(22)26)5-8-21(31)32-4/h5-8,10-11,13,23H,9,12,29H2,1-4H3/b8-5+/t13-,23+/m1/s1. The van der Waals surface area contributed by atoms with E-state index in [4.69, 9.17) is 5.73 Å². The highest BCUT2D eigenvalue weighted by molar-refractivity contribution is 5.86. The molecular formula is C24H26F4N2O2. The molecule has 3 rings (SSSR count). The van der Waals surface area contributed by atoms with E-state index in [9.17, 15) is 13.6 Å². The average Bonchev–Trinajstić information content (AvgIpc) is 2.70. The number of hydrogen-bond donors (Lipinski definition) is 1. The van der Waals surface area contributed by atoms with Crippen LogP contribution in [0.3, 0.4) is 0 Å². The predicted octanol–water partition coefficient (Wildman–Crippen LogP) is 5.03. The molecule has 0 saturated heterocycles. The van der Waals surface area contributed by atoms with Crippen molar-refractivity contribution in [2.75, 3.05) is 19.4 Å². The Morgan fingerprint density at radius 1 is 1.28 bits per heavy atom. The van der Waals surface area contributed by atoms with Crippen LogP contribution in [0.4, 0.5) is 23.2 Å². The van der Waals surface area contributed by atoms with Gasteiger partial charge in [0.25, 0.3) is 5.92 Å². The Kier molecular flexibility index (Phi) is 6.64. The SMILES string of the molecule is COC(=O)/C=C/c1cc(F)c([C@@H]2c3ccc(N)c(C)c3C[C@@H](C)N2CC(C)(F)F)c(F)c1. The number of ether oxygens (including phenoxy) is 1. The minimum atomic E-state index is -3.07. The van der Waals surface area contributed by atoms with Gasteiger partial charge in [0, 0.05) is 30.3 Å². The molecule has 32 heavy (non-hydrogen) atoms. The third kappa shape index (κ3) is 4.80. The number of nitrogens with zero attached hydrogens (tertiary/aromatic N) is 1. The molecule has 2 aromatic carbocycles. The summed E-state index contributed by atoms with van der Waals surface area (Å²) in [4.78, 5) is 12.7. The molecule has 172 valence electrons. The van der Waals surface area contributed by atoms with E-state index < -0.39 is 42.2 Å². The van der Waals surface area contributed by atoms with Crippen LogP contribution in [0.1, 0.15) is 47.7 Å². The van der Waals surface area contributed by atoms with E-state index in [1.807, 2.05) is 6.92 Å². The molecule has 2 N–H and O–H groups in total. The molecule has 1 aliphatic rings. The first-order valence-corrected chi connectivity index (χ1v) is 10.2.